The fourth-order valence-corrected chi connectivity index (χ4v) is 2.17. The molecule has 0 aromatic heterocycles. The Morgan fingerprint density at radius 1 is 1.43 bits per heavy atom. The first kappa shape index (κ1) is 17.4. The molecule has 1 unspecified atom stereocenters. The average Bonchev–Trinajstić information content (AvgIpc) is 2.45. The van der Waals surface area contributed by atoms with Gasteiger partial charge >= 0.3 is 5.97 Å². The molecular formula is C16H25FN2O2. The number of halogens is 1. The lowest BCUT2D eigenvalue weighted by molar-refractivity contribution is -0.144. The van der Waals surface area contributed by atoms with Gasteiger partial charge in [-0.05, 0) is 51.4 Å². The van der Waals surface area contributed by atoms with Crippen LogP contribution in [0.3, 0.4) is 0 Å². The first-order valence-corrected chi connectivity index (χ1v) is 7.42. The third-order valence-electron chi connectivity index (χ3n) is 3.67. The van der Waals surface area contributed by atoms with Crippen molar-refractivity contribution in [2.45, 2.75) is 39.2 Å². The molecule has 0 spiro atoms. The number of carboxylic acids is 1. The van der Waals surface area contributed by atoms with Gasteiger partial charge in [0.1, 0.15) is 11.4 Å². The maximum absolute atomic E-state index is 13.3. The summed E-state index contributed by atoms with van der Waals surface area (Å²) >= 11 is 0. The van der Waals surface area contributed by atoms with Gasteiger partial charge in [-0.3, -0.25) is 4.79 Å². The van der Waals surface area contributed by atoms with E-state index in [-0.39, 0.29) is 5.82 Å². The third kappa shape index (κ3) is 5.01. The number of nitrogens with one attached hydrogen (secondary N) is 1. The Kier molecular flexibility index (Phi) is 6.62. The molecule has 0 saturated heterocycles. The Hall–Kier alpha value is -1.62. The maximum Gasteiger partial charge on any atom is 0.323 e. The summed E-state index contributed by atoms with van der Waals surface area (Å²) in [5.41, 5.74) is -0.183. The summed E-state index contributed by atoms with van der Waals surface area (Å²) in [5, 5.41) is 12.5. The van der Waals surface area contributed by atoms with Crippen LogP contribution in [-0.2, 0) is 4.79 Å². The van der Waals surface area contributed by atoms with Gasteiger partial charge in [0.2, 0.25) is 0 Å². The van der Waals surface area contributed by atoms with E-state index in [0.717, 1.165) is 12.1 Å². The number of nitrogens with zero attached hydrogens (tertiary/aromatic N) is 1. The predicted molar refractivity (Wildman–Crippen MR) is 83.2 cm³/mol. The van der Waals surface area contributed by atoms with Crippen LogP contribution in [-0.4, -0.2) is 36.2 Å². The monoisotopic (exact) mass is 296 g/mol. The lowest BCUT2D eigenvalue weighted by atomic mass is 9.97. The van der Waals surface area contributed by atoms with Crippen molar-refractivity contribution in [1.82, 2.24) is 5.32 Å². The largest absolute Gasteiger partial charge is 0.480 e. The van der Waals surface area contributed by atoms with Gasteiger partial charge in [0.25, 0.3) is 0 Å². The van der Waals surface area contributed by atoms with Crippen LogP contribution < -0.4 is 10.2 Å². The molecule has 5 heteroatoms. The van der Waals surface area contributed by atoms with Gasteiger partial charge in [0.05, 0.1) is 0 Å². The summed E-state index contributed by atoms with van der Waals surface area (Å²) in [6, 6.07) is 6.38. The van der Waals surface area contributed by atoms with Crippen LogP contribution in [0.2, 0.25) is 0 Å². The van der Waals surface area contributed by atoms with E-state index in [4.69, 9.17) is 0 Å². The zero-order chi connectivity index (χ0) is 15.9. The molecule has 0 bridgehead atoms. The molecule has 1 rings (SSSR count). The Labute approximate surface area is 126 Å². The highest BCUT2D eigenvalue weighted by molar-refractivity contribution is 5.78. The predicted octanol–water partition coefficient (Wildman–Crippen LogP) is 2.89. The zero-order valence-corrected chi connectivity index (χ0v) is 13.0. The zero-order valence-electron chi connectivity index (χ0n) is 13.0. The third-order valence-corrected chi connectivity index (χ3v) is 3.67. The normalized spacial score (nSPS) is 13.7. The first-order chi connectivity index (χ1) is 9.92. The summed E-state index contributed by atoms with van der Waals surface area (Å²) in [6.45, 7) is 7.59. The molecule has 118 valence electrons. The van der Waals surface area contributed by atoms with Gasteiger partial charge < -0.3 is 15.3 Å². The highest BCUT2D eigenvalue weighted by Crippen LogP contribution is 2.18. The first-order valence-electron chi connectivity index (χ1n) is 7.42. The quantitative estimate of drug-likeness (QED) is 0.736. The topological polar surface area (TPSA) is 52.6 Å². The minimum absolute atomic E-state index is 0.281. The van der Waals surface area contributed by atoms with Crippen molar-refractivity contribution < 1.29 is 14.3 Å². The molecular weight excluding hydrogens is 271 g/mol. The molecule has 0 aliphatic carbocycles. The highest BCUT2D eigenvalue weighted by atomic mass is 19.1. The van der Waals surface area contributed by atoms with E-state index in [2.05, 4.69) is 5.32 Å². The molecule has 0 radical (unpaired) electrons. The molecule has 0 saturated carbocycles. The van der Waals surface area contributed by atoms with E-state index in [0.29, 0.717) is 26.1 Å². The van der Waals surface area contributed by atoms with E-state index in [1.54, 1.807) is 13.0 Å². The lowest BCUT2D eigenvalue weighted by Crippen LogP contribution is -2.51. The second-order valence-corrected chi connectivity index (χ2v) is 5.37. The summed E-state index contributed by atoms with van der Waals surface area (Å²) in [4.78, 5) is 13.5. The Bertz CT molecular complexity index is 467. The molecule has 0 aliphatic heterocycles. The van der Waals surface area contributed by atoms with Gasteiger partial charge in [-0.1, -0.05) is 13.0 Å². The van der Waals surface area contributed by atoms with Crippen LogP contribution in [0.5, 0.6) is 0 Å². The Morgan fingerprint density at radius 2 is 2.14 bits per heavy atom. The molecule has 0 amide bonds. The Balaban J connectivity index is 2.74. The smallest absolute Gasteiger partial charge is 0.323 e. The van der Waals surface area contributed by atoms with E-state index in [1.807, 2.05) is 24.8 Å². The molecule has 1 aromatic carbocycles. The second kappa shape index (κ2) is 7.98. The summed E-state index contributed by atoms with van der Waals surface area (Å²) in [5.74, 6) is -1.14. The average molecular weight is 296 g/mol. The fourth-order valence-electron chi connectivity index (χ4n) is 2.17. The summed E-state index contributed by atoms with van der Waals surface area (Å²) in [7, 11) is 0. The molecule has 1 atom stereocenters. The number of benzene rings is 1. The highest BCUT2D eigenvalue weighted by Gasteiger charge is 2.32. The van der Waals surface area contributed by atoms with Crippen molar-refractivity contribution >= 4 is 11.7 Å². The van der Waals surface area contributed by atoms with Crippen molar-refractivity contribution in [3.8, 4) is 0 Å². The molecule has 0 heterocycles. The van der Waals surface area contributed by atoms with Crippen LogP contribution in [0, 0.1) is 5.82 Å². The molecule has 0 fully saturated rings. The number of hydrogen-bond acceptors (Lipinski definition) is 3. The van der Waals surface area contributed by atoms with Crippen LogP contribution in [0.4, 0.5) is 10.1 Å². The number of anilines is 1. The molecule has 21 heavy (non-hydrogen) atoms. The van der Waals surface area contributed by atoms with E-state index in [1.165, 1.54) is 12.1 Å². The minimum atomic E-state index is -0.962. The minimum Gasteiger partial charge on any atom is -0.480 e. The van der Waals surface area contributed by atoms with Gasteiger partial charge in [0, 0.05) is 18.8 Å². The van der Waals surface area contributed by atoms with Gasteiger partial charge in [-0.25, -0.2) is 4.39 Å². The van der Waals surface area contributed by atoms with Crippen molar-refractivity contribution in [2.24, 2.45) is 0 Å². The number of aliphatic carboxylic acids is 1. The summed E-state index contributed by atoms with van der Waals surface area (Å²) in [6.07, 6.45) is 1.33. The van der Waals surface area contributed by atoms with Crippen molar-refractivity contribution in [2.75, 3.05) is 24.5 Å². The number of hydrogen-bond donors (Lipinski definition) is 2. The lowest BCUT2D eigenvalue weighted by Gasteiger charge is -2.31. The van der Waals surface area contributed by atoms with Crippen molar-refractivity contribution in [1.29, 1.82) is 0 Å². The summed E-state index contributed by atoms with van der Waals surface area (Å²) < 4.78 is 13.3. The van der Waals surface area contributed by atoms with Crippen LogP contribution in [0.15, 0.2) is 24.3 Å². The van der Waals surface area contributed by atoms with E-state index in [9.17, 15) is 14.3 Å². The van der Waals surface area contributed by atoms with Crippen LogP contribution in [0.1, 0.15) is 33.6 Å². The van der Waals surface area contributed by atoms with Crippen molar-refractivity contribution in [3.63, 3.8) is 0 Å². The fraction of sp³-hybridized carbons (Fsp3) is 0.562. The second-order valence-electron chi connectivity index (χ2n) is 5.37. The maximum atomic E-state index is 13.3. The molecule has 1 aromatic rings. The molecule has 4 nitrogen and oxygen atoms in total. The van der Waals surface area contributed by atoms with Crippen LogP contribution in [0.25, 0.3) is 0 Å². The van der Waals surface area contributed by atoms with Gasteiger partial charge in [-0.2, -0.15) is 0 Å². The number of carboxylic acid groups (broad SMARTS) is 1. The molecule has 0 aliphatic rings. The van der Waals surface area contributed by atoms with Crippen molar-refractivity contribution in [3.05, 3.63) is 30.1 Å². The Morgan fingerprint density at radius 3 is 2.67 bits per heavy atom. The molecule has 2 N–H and O–H groups in total. The number of carbonyl (C=O) groups is 1. The van der Waals surface area contributed by atoms with Crippen LogP contribution >= 0.6 is 0 Å². The van der Waals surface area contributed by atoms with Gasteiger partial charge in [-0.15, -0.1) is 0 Å². The van der Waals surface area contributed by atoms with E-state index >= 15 is 0 Å². The number of rotatable bonds is 9. The van der Waals surface area contributed by atoms with Gasteiger partial charge in [0.15, 0.2) is 0 Å². The van der Waals surface area contributed by atoms with E-state index < -0.39 is 11.5 Å². The SMILES string of the molecule is CCCNC(C)(CCN(CC)c1cccc(F)c1)C(=O)O. The standard InChI is InChI=1S/C16H25FN2O2/c1-4-10-18-16(3,15(20)21)9-11-19(5-2)14-8-6-7-13(17)12-14/h6-8,12,18H,4-5,9-11H2,1-3H3,(H,20,21).